The standard InChI is InChI=1S/C21H24O2P2/c1-24(22,18-9-5-3-6-10-18)20-16-13-14-17(15-16)21(20)25(2,23)19-11-7-4-8-12-19/h3-14,16-17,20-21H,15H2,1-2H3/t16-,17+,20-,21-,24?,25?/m0/s1. The van der Waals surface area contributed by atoms with E-state index in [2.05, 4.69) is 12.2 Å². The zero-order valence-corrected chi connectivity index (χ0v) is 16.4. The molecule has 0 aromatic heterocycles. The van der Waals surface area contributed by atoms with Crippen LogP contribution in [0.25, 0.3) is 0 Å². The quantitative estimate of drug-likeness (QED) is 0.584. The van der Waals surface area contributed by atoms with Crippen molar-refractivity contribution < 1.29 is 9.13 Å². The van der Waals surface area contributed by atoms with Gasteiger partial charge >= 0.3 is 0 Å². The fraction of sp³-hybridized carbons (Fsp3) is 0.333. The van der Waals surface area contributed by atoms with E-state index in [9.17, 15) is 9.13 Å². The molecule has 2 bridgehead atoms. The summed E-state index contributed by atoms with van der Waals surface area (Å²) >= 11 is 0. The first kappa shape index (κ1) is 17.1. The summed E-state index contributed by atoms with van der Waals surface area (Å²) in [4.78, 5) is 0. The first-order chi connectivity index (χ1) is 11.9. The van der Waals surface area contributed by atoms with Crippen LogP contribution in [0.15, 0.2) is 72.8 Å². The van der Waals surface area contributed by atoms with Crippen LogP contribution in [0.2, 0.25) is 0 Å². The maximum Gasteiger partial charge on any atom is 0.116 e. The molecule has 0 radical (unpaired) electrons. The summed E-state index contributed by atoms with van der Waals surface area (Å²) in [7, 11) is -5.26. The molecule has 2 nitrogen and oxygen atoms in total. The van der Waals surface area contributed by atoms with Crippen LogP contribution in [0.4, 0.5) is 0 Å². The van der Waals surface area contributed by atoms with E-state index in [1.807, 2.05) is 74.0 Å². The summed E-state index contributed by atoms with van der Waals surface area (Å²) in [6, 6.07) is 19.6. The Balaban J connectivity index is 1.81. The van der Waals surface area contributed by atoms with Crippen LogP contribution in [0.5, 0.6) is 0 Å². The second-order valence-electron chi connectivity index (χ2n) is 7.58. The Bertz CT molecular complexity index is 815. The Morgan fingerprint density at radius 3 is 1.40 bits per heavy atom. The highest BCUT2D eigenvalue weighted by molar-refractivity contribution is 7.75. The lowest BCUT2D eigenvalue weighted by molar-refractivity contribution is 0.546. The minimum absolute atomic E-state index is 0.0269. The minimum atomic E-state index is -2.63. The molecule has 130 valence electrons. The second kappa shape index (κ2) is 6.11. The van der Waals surface area contributed by atoms with Gasteiger partial charge in [0.1, 0.15) is 14.3 Å². The van der Waals surface area contributed by atoms with Gasteiger partial charge in [-0.15, -0.1) is 0 Å². The molecule has 6 atom stereocenters. The van der Waals surface area contributed by atoms with Crippen molar-refractivity contribution in [1.82, 2.24) is 0 Å². The van der Waals surface area contributed by atoms with Crippen molar-refractivity contribution in [2.75, 3.05) is 13.3 Å². The molecule has 4 heteroatoms. The van der Waals surface area contributed by atoms with Gasteiger partial charge in [-0.3, -0.25) is 0 Å². The van der Waals surface area contributed by atoms with Crippen molar-refractivity contribution in [2.45, 2.75) is 17.7 Å². The molecule has 0 heterocycles. The van der Waals surface area contributed by atoms with Gasteiger partial charge in [0.25, 0.3) is 0 Å². The van der Waals surface area contributed by atoms with Crippen molar-refractivity contribution in [3.63, 3.8) is 0 Å². The van der Waals surface area contributed by atoms with Crippen molar-refractivity contribution >= 4 is 24.9 Å². The molecule has 2 aromatic rings. The number of fused-ring (bicyclic) bond motifs is 2. The average molecular weight is 370 g/mol. The maximum atomic E-state index is 13.9. The molecule has 0 N–H and O–H groups in total. The fourth-order valence-corrected chi connectivity index (χ4v) is 12.1. The van der Waals surface area contributed by atoms with Gasteiger partial charge in [0.15, 0.2) is 0 Å². The fourth-order valence-electron chi connectivity index (χ4n) is 4.88. The van der Waals surface area contributed by atoms with E-state index in [1.54, 1.807) is 0 Å². The van der Waals surface area contributed by atoms with Crippen LogP contribution in [0.1, 0.15) is 6.42 Å². The number of hydrogen-bond acceptors (Lipinski definition) is 2. The van der Waals surface area contributed by atoms with Crippen LogP contribution in [-0.4, -0.2) is 24.6 Å². The smallest absolute Gasteiger partial charge is 0.116 e. The number of allylic oxidation sites excluding steroid dienone is 2. The molecule has 0 saturated heterocycles. The molecule has 4 rings (SSSR count). The highest BCUT2D eigenvalue weighted by Gasteiger charge is 2.56. The van der Waals surface area contributed by atoms with Gasteiger partial charge in [0, 0.05) is 21.9 Å². The summed E-state index contributed by atoms with van der Waals surface area (Å²) in [5, 5.41) is 1.83. The first-order valence-electron chi connectivity index (χ1n) is 8.86. The molecule has 1 saturated carbocycles. The highest BCUT2D eigenvalue weighted by atomic mass is 31.2. The maximum absolute atomic E-state index is 13.9. The van der Waals surface area contributed by atoms with Gasteiger partial charge in [0.2, 0.25) is 0 Å². The molecule has 0 aliphatic heterocycles. The molecule has 1 fully saturated rings. The zero-order chi connectivity index (χ0) is 17.7. The Hall–Kier alpha value is -1.36. The Labute approximate surface area is 150 Å². The average Bonchev–Trinajstić information content (AvgIpc) is 3.25. The number of benzene rings is 2. The van der Waals surface area contributed by atoms with Crippen molar-refractivity contribution in [3.8, 4) is 0 Å². The largest absolute Gasteiger partial charge is 0.319 e. The molecule has 0 amide bonds. The third-order valence-corrected chi connectivity index (χ3v) is 12.6. The molecule has 0 spiro atoms. The summed E-state index contributed by atoms with van der Waals surface area (Å²) in [5.74, 6) is 0.561. The van der Waals surface area contributed by atoms with E-state index in [0.29, 0.717) is 0 Å². The van der Waals surface area contributed by atoms with Crippen LogP contribution >= 0.6 is 14.3 Å². The molecule has 25 heavy (non-hydrogen) atoms. The van der Waals surface area contributed by atoms with E-state index in [-0.39, 0.29) is 23.2 Å². The predicted octanol–water partition coefficient (Wildman–Crippen LogP) is 4.57. The van der Waals surface area contributed by atoms with E-state index in [4.69, 9.17) is 0 Å². The first-order valence-corrected chi connectivity index (χ1v) is 13.3. The van der Waals surface area contributed by atoms with E-state index < -0.39 is 14.3 Å². The Morgan fingerprint density at radius 2 is 1.04 bits per heavy atom. The summed E-state index contributed by atoms with van der Waals surface area (Å²) < 4.78 is 27.9. The number of hydrogen-bond donors (Lipinski definition) is 0. The third-order valence-electron chi connectivity index (χ3n) is 6.05. The second-order valence-corrected chi connectivity index (χ2v) is 13.8. The molecular weight excluding hydrogens is 346 g/mol. The lowest BCUT2D eigenvalue weighted by Gasteiger charge is -2.37. The SMILES string of the molecule is CP(=O)(c1ccccc1)[C@@H]1[C@@H](P(C)(=O)c2ccccc2)[C@H]2C=C[C@@H]1C2. The van der Waals surface area contributed by atoms with Gasteiger partial charge < -0.3 is 9.13 Å². The summed E-state index contributed by atoms with van der Waals surface area (Å²) in [6.45, 7) is 3.80. The van der Waals surface area contributed by atoms with Gasteiger partial charge in [0.05, 0.1) is 0 Å². The van der Waals surface area contributed by atoms with Gasteiger partial charge in [-0.05, 0) is 31.6 Å². The summed E-state index contributed by atoms with van der Waals surface area (Å²) in [5.41, 5.74) is -0.0538. The Morgan fingerprint density at radius 1 is 0.680 bits per heavy atom. The lowest BCUT2D eigenvalue weighted by Crippen LogP contribution is -2.35. The monoisotopic (exact) mass is 370 g/mol. The number of rotatable bonds is 4. The normalized spacial score (nSPS) is 32.2. The van der Waals surface area contributed by atoms with Crippen molar-refractivity contribution in [2.24, 2.45) is 11.8 Å². The summed E-state index contributed by atoms with van der Waals surface area (Å²) in [6.07, 6.45) is 5.43. The Kier molecular flexibility index (Phi) is 4.18. The van der Waals surface area contributed by atoms with E-state index in [0.717, 1.165) is 17.0 Å². The van der Waals surface area contributed by atoms with E-state index >= 15 is 0 Å². The molecule has 2 aromatic carbocycles. The molecular formula is C21H24O2P2. The van der Waals surface area contributed by atoms with Gasteiger partial charge in [-0.25, -0.2) is 0 Å². The molecule has 2 aliphatic carbocycles. The topological polar surface area (TPSA) is 34.1 Å². The minimum Gasteiger partial charge on any atom is -0.319 e. The lowest BCUT2D eigenvalue weighted by atomic mass is 10.1. The molecule has 2 unspecified atom stereocenters. The van der Waals surface area contributed by atoms with Crippen LogP contribution in [0.3, 0.4) is 0 Å². The van der Waals surface area contributed by atoms with Crippen LogP contribution in [0, 0.1) is 11.8 Å². The van der Waals surface area contributed by atoms with Crippen molar-refractivity contribution in [3.05, 3.63) is 72.8 Å². The highest BCUT2D eigenvalue weighted by Crippen LogP contribution is 2.68. The van der Waals surface area contributed by atoms with Gasteiger partial charge in [-0.1, -0.05) is 72.8 Å². The molecule has 2 aliphatic rings. The van der Waals surface area contributed by atoms with Crippen LogP contribution < -0.4 is 10.6 Å². The van der Waals surface area contributed by atoms with E-state index in [1.165, 1.54) is 0 Å². The third kappa shape index (κ3) is 2.71. The predicted molar refractivity (Wildman–Crippen MR) is 108 cm³/mol. The van der Waals surface area contributed by atoms with Crippen LogP contribution in [-0.2, 0) is 9.13 Å². The zero-order valence-electron chi connectivity index (χ0n) is 14.7. The van der Waals surface area contributed by atoms with Gasteiger partial charge in [-0.2, -0.15) is 0 Å². The van der Waals surface area contributed by atoms with Crippen molar-refractivity contribution in [1.29, 1.82) is 0 Å².